The average molecular weight is 539 g/mol. The third kappa shape index (κ3) is 4.51. The number of rotatable bonds is 6. The molecule has 0 N–H and O–H groups in total. The number of benzene rings is 2. The van der Waals surface area contributed by atoms with Gasteiger partial charge in [-0.3, -0.25) is 4.79 Å². The number of carbonyl (C=O) groups is 1. The summed E-state index contributed by atoms with van der Waals surface area (Å²) in [7, 11) is -2.43. The summed E-state index contributed by atoms with van der Waals surface area (Å²) in [4.78, 5) is 18.2. The van der Waals surface area contributed by atoms with Gasteiger partial charge in [0, 0.05) is 50.7 Å². The van der Waals surface area contributed by atoms with E-state index in [0.717, 1.165) is 27.7 Å². The van der Waals surface area contributed by atoms with E-state index in [1.807, 2.05) is 35.0 Å². The molecule has 5 rings (SSSR count). The van der Waals surface area contributed by atoms with Gasteiger partial charge in [0.1, 0.15) is 0 Å². The van der Waals surface area contributed by atoms with Crippen LogP contribution < -0.4 is 0 Å². The Kier molecular flexibility index (Phi) is 6.12. The number of imidazole rings is 1. The fourth-order valence-corrected chi connectivity index (χ4v) is 6.64. The summed E-state index contributed by atoms with van der Waals surface area (Å²) in [5.74, 6) is -0.644. The van der Waals surface area contributed by atoms with Gasteiger partial charge in [-0.2, -0.15) is 17.5 Å². The number of fused-ring (bicyclic) bond motifs is 1. The number of amides is 1. The van der Waals surface area contributed by atoms with Gasteiger partial charge in [0.15, 0.2) is 0 Å². The number of hydrogen-bond donors (Lipinski definition) is 0. The van der Waals surface area contributed by atoms with Gasteiger partial charge in [0.05, 0.1) is 21.8 Å². The van der Waals surface area contributed by atoms with Gasteiger partial charge in [-0.1, -0.05) is 23.7 Å². The summed E-state index contributed by atoms with van der Waals surface area (Å²) in [6.07, 6.45) is 0.455. The lowest BCUT2D eigenvalue weighted by Crippen LogP contribution is -2.35. The molecule has 2 aliphatic rings. The largest absolute Gasteiger partial charge is 0.417 e. The Hall–Kier alpha value is -2.89. The van der Waals surface area contributed by atoms with Crippen molar-refractivity contribution in [1.82, 2.24) is 18.8 Å². The third-order valence-electron chi connectivity index (χ3n) is 6.86. The lowest BCUT2D eigenvalue weighted by Gasteiger charge is -2.23. The van der Waals surface area contributed by atoms with E-state index in [2.05, 4.69) is 4.98 Å². The smallest absolute Gasteiger partial charge is 0.341 e. The molecule has 1 aliphatic heterocycles. The Morgan fingerprint density at radius 3 is 2.39 bits per heavy atom. The van der Waals surface area contributed by atoms with Crippen LogP contribution in [-0.4, -0.2) is 53.2 Å². The molecule has 1 aromatic heterocycles. The van der Waals surface area contributed by atoms with Crippen molar-refractivity contribution >= 4 is 27.5 Å². The predicted octanol–water partition coefficient (Wildman–Crippen LogP) is 4.07. The highest BCUT2D eigenvalue weighted by atomic mass is 35.5. The first-order chi connectivity index (χ1) is 17.0. The van der Waals surface area contributed by atoms with Crippen molar-refractivity contribution in [2.24, 2.45) is 17.8 Å². The lowest BCUT2D eigenvalue weighted by molar-refractivity contribution is -0.137. The van der Waals surface area contributed by atoms with Crippen LogP contribution in [-0.2, 0) is 27.5 Å². The van der Waals surface area contributed by atoms with Crippen molar-refractivity contribution < 1.29 is 26.4 Å². The molecule has 36 heavy (non-hydrogen) atoms. The van der Waals surface area contributed by atoms with Crippen LogP contribution in [0.25, 0.3) is 5.69 Å². The highest BCUT2D eigenvalue weighted by Gasteiger charge is 2.61. The number of halogens is 4. The zero-order valence-electron chi connectivity index (χ0n) is 19.1. The minimum absolute atomic E-state index is 0.0633. The molecular weight excluding hydrogens is 517 g/mol. The molecule has 2 heterocycles. The van der Waals surface area contributed by atoms with Gasteiger partial charge in [-0.25, -0.2) is 13.4 Å². The summed E-state index contributed by atoms with van der Waals surface area (Å²) in [5.41, 5.74) is 0.710. The topological polar surface area (TPSA) is 75.5 Å². The fraction of sp³-hybridized carbons (Fsp3) is 0.333. The summed E-state index contributed by atoms with van der Waals surface area (Å²) in [6.45, 7) is 0.605. The van der Waals surface area contributed by atoms with E-state index in [-0.39, 0.29) is 36.8 Å². The minimum Gasteiger partial charge on any atom is -0.341 e. The molecule has 12 heteroatoms. The fourth-order valence-electron chi connectivity index (χ4n) is 4.87. The maximum absolute atomic E-state index is 13.2. The van der Waals surface area contributed by atoms with Crippen molar-refractivity contribution in [2.75, 3.05) is 20.1 Å². The van der Waals surface area contributed by atoms with E-state index < -0.39 is 31.7 Å². The molecule has 1 saturated carbocycles. The molecular formula is C24H22ClF3N4O3S. The Balaban J connectivity index is 1.21. The number of nitrogens with zero attached hydrogens (tertiary/aromatic N) is 4. The first-order valence-electron chi connectivity index (χ1n) is 11.2. The summed E-state index contributed by atoms with van der Waals surface area (Å²) in [6, 6.07) is 10.3. The quantitative estimate of drug-likeness (QED) is 0.474. The first-order valence-corrected chi connectivity index (χ1v) is 13.0. The third-order valence-corrected chi connectivity index (χ3v) is 9.02. The second-order valence-corrected chi connectivity index (χ2v) is 11.5. The SMILES string of the molecule is CN(Cc1ccc(-n2ccnc2)cc1)C(=O)C1[C@H]2CN(S(=O)(=O)c3ccc(Cl)c(C(F)(F)F)c3)C[C@H]12. The van der Waals surface area contributed by atoms with Crippen LogP contribution in [0, 0.1) is 17.8 Å². The molecule has 1 amide bonds. The average Bonchev–Trinajstić information content (AvgIpc) is 3.20. The van der Waals surface area contributed by atoms with Gasteiger partial charge in [-0.05, 0) is 47.7 Å². The highest BCUT2D eigenvalue weighted by Crippen LogP contribution is 2.53. The van der Waals surface area contributed by atoms with E-state index in [4.69, 9.17) is 11.6 Å². The van der Waals surface area contributed by atoms with Crippen LogP contribution >= 0.6 is 11.6 Å². The van der Waals surface area contributed by atoms with E-state index in [0.29, 0.717) is 12.6 Å². The van der Waals surface area contributed by atoms with E-state index >= 15 is 0 Å². The van der Waals surface area contributed by atoms with Gasteiger partial charge in [0.2, 0.25) is 15.9 Å². The molecule has 7 nitrogen and oxygen atoms in total. The number of alkyl halides is 3. The van der Waals surface area contributed by atoms with Crippen molar-refractivity contribution in [3.8, 4) is 5.69 Å². The lowest BCUT2D eigenvalue weighted by atomic mass is 10.1. The monoisotopic (exact) mass is 538 g/mol. The minimum atomic E-state index is -4.77. The molecule has 0 spiro atoms. The number of sulfonamides is 1. The predicted molar refractivity (Wildman–Crippen MR) is 126 cm³/mol. The summed E-state index contributed by atoms with van der Waals surface area (Å²) < 4.78 is 68.5. The molecule has 1 aliphatic carbocycles. The van der Waals surface area contributed by atoms with Crippen LogP contribution in [0.2, 0.25) is 5.02 Å². The van der Waals surface area contributed by atoms with Crippen LogP contribution in [0.3, 0.4) is 0 Å². The molecule has 0 radical (unpaired) electrons. The molecule has 1 saturated heterocycles. The molecule has 190 valence electrons. The zero-order chi connectivity index (χ0) is 25.8. The van der Waals surface area contributed by atoms with Crippen molar-refractivity contribution in [3.05, 3.63) is 77.3 Å². The van der Waals surface area contributed by atoms with Gasteiger partial charge in [-0.15, -0.1) is 0 Å². The van der Waals surface area contributed by atoms with Crippen LogP contribution in [0.4, 0.5) is 13.2 Å². The maximum atomic E-state index is 13.2. The number of piperidine rings is 1. The molecule has 0 unspecified atom stereocenters. The van der Waals surface area contributed by atoms with Gasteiger partial charge >= 0.3 is 6.18 Å². The molecule has 2 fully saturated rings. The summed E-state index contributed by atoms with van der Waals surface area (Å²) in [5, 5.41) is -0.559. The Labute approximate surface area is 211 Å². The van der Waals surface area contributed by atoms with Gasteiger partial charge < -0.3 is 9.47 Å². The van der Waals surface area contributed by atoms with Gasteiger partial charge in [0.25, 0.3) is 0 Å². The van der Waals surface area contributed by atoms with Crippen molar-refractivity contribution in [1.29, 1.82) is 0 Å². The molecule has 2 atom stereocenters. The normalized spacial score (nSPS) is 21.9. The summed E-state index contributed by atoms with van der Waals surface area (Å²) >= 11 is 5.62. The van der Waals surface area contributed by atoms with E-state index in [1.54, 1.807) is 24.5 Å². The Morgan fingerprint density at radius 2 is 1.81 bits per heavy atom. The first kappa shape index (κ1) is 24.8. The highest BCUT2D eigenvalue weighted by molar-refractivity contribution is 7.89. The molecule has 3 aromatic rings. The van der Waals surface area contributed by atoms with E-state index in [1.165, 1.54) is 0 Å². The molecule has 0 bridgehead atoms. The van der Waals surface area contributed by atoms with Crippen LogP contribution in [0.5, 0.6) is 0 Å². The van der Waals surface area contributed by atoms with Crippen molar-refractivity contribution in [3.63, 3.8) is 0 Å². The number of carbonyl (C=O) groups excluding carboxylic acids is 1. The number of aromatic nitrogens is 2. The second kappa shape index (κ2) is 8.89. The van der Waals surface area contributed by atoms with Crippen LogP contribution in [0.15, 0.2) is 66.1 Å². The zero-order valence-corrected chi connectivity index (χ0v) is 20.6. The second-order valence-electron chi connectivity index (χ2n) is 9.15. The van der Waals surface area contributed by atoms with Crippen LogP contribution in [0.1, 0.15) is 11.1 Å². The van der Waals surface area contributed by atoms with Crippen molar-refractivity contribution in [2.45, 2.75) is 17.6 Å². The standard InChI is InChI=1S/C24H22ClF3N4O3S/c1-30(11-15-2-4-16(5-3-15)31-9-8-29-14-31)23(33)22-18-12-32(13-19(18)22)36(34,35)17-6-7-21(25)20(10-17)24(26,27)28/h2-10,14,18-19,22H,11-13H2,1H3/t18-,19-/m0/s1. The molecule has 2 aromatic carbocycles. The maximum Gasteiger partial charge on any atom is 0.417 e. The Morgan fingerprint density at radius 1 is 1.14 bits per heavy atom. The van der Waals surface area contributed by atoms with E-state index in [9.17, 15) is 26.4 Å². The number of hydrogen-bond acceptors (Lipinski definition) is 4. The Bertz CT molecular complexity index is 1380.